The van der Waals surface area contributed by atoms with Gasteiger partial charge in [-0.15, -0.1) is 0 Å². The molecule has 0 heterocycles. The van der Waals surface area contributed by atoms with E-state index in [1.807, 2.05) is 33.3 Å². The average molecular weight is 1100 g/mol. The smallest absolute Gasteiger partial charge is 0.456 e. The number of carbonyl (C=O) groups is 2. The zero-order valence-corrected chi connectivity index (χ0v) is 52.1. The van der Waals surface area contributed by atoms with E-state index >= 15 is 0 Å². The molecule has 448 valence electrons. The molecule has 1 amide bonds. The number of phosphoric acid groups is 1. The summed E-state index contributed by atoms with van der Waals surface area (Å²) in [6, 6.07) is -0.878. The number of allylic oxidation sites excluding steroid dienone is 11. The summed E-state index contributed by atoms with van der Waals surface area (Å²) >= 11 is 0. The molecule has 0 aliphatic carbocycles. The van der Waals surface area contributed by atoms with E-state index in [0.29, 0.717) is 17.4 Å². The lowest BCUT2D eigenvalue weighted by molar-refractivity contribution is -0.870. The van der Waals surface area contributed by atoms with Crippen LogP contribution in [0.3, 0.4) is 0 Å². The summed E-state index contributed by atoms with van der Waals surface area (Å²) in [5, 5.41) is 3.02. The summed E-state index contributed by atoms with van der Waals surface area (Å²) in [5.41, 5.74) is 0. The van der Waals surface area contributed by atoms with E-state index in [1.165, 1.54) is 173 Å². The van der Waals surface area contributed by atoms with Crippen molar-refractivity contribution in [1.29, 1.82) is 0 Å². The first-order valence-corrected chi connectivity index (χ1v) is 33.8. The zero-order valence-electron chi connectivity index (χ0n) is 51.2. The maximum Gasteiger partial charge on any atom is 0.472 e. The van der Waals surface area contributed by atoms with Crippen molar-refractivity contribution < 1.29 is 37.3 Å². The van der Waals surface area contributed by atoms with Crippen molar-refractivity contribution in [3.63, 3.8) is 0 Å². The van der Waals surface area contributed by atoms with Gasteiger partial charge in [-0.3, -0.25) is 18.6 Å². The molecule has 10 heteroatoms. The number of carbonyl (C=O) groups excluding carboxylic acids is 2. The fourth-order valence-corrected chi connectivity index (χ4v) is 9.95. The molecule has 3 unspecified atom stereocenters. The van der Waals surface area contributed by atoms with Crippen molar-refractivity contribution in [2.45, 2.75) is 303 Å². The van der Waals surface area contributed by atoms with E-state index in [0.717, 1.165) is 77.0 Å². The molecule has 0 saturated carbocycles. The molecule has 0 aliphatic rings. The number of rotatable bonds is 58. The van der Waals surface area contributed by atoms with Crippen molar-refractivity contribution in [2.75, 3.05) is 40.9 Å². The molecule has 0 aliphatic heterocycles. The summed E-state index contributed by atoms with van der Waals surface area (Å²) < 4.78 is 30.7. The van der Waals surface area contributed by atoms with Gasteiger partial charge in [-0.25, -0.2) is 4.57 Å². The minimum atomic E-state index is -4.46. The van der Waals surface area contributed by atoms with Gasteiger partial charge in [-0.2, -0.15) is 0 Å². The van der Waals surface area contributed by atoms with Crippen LogP contribution in [0.25, 0.3) is 0 Å². The number of nitrogens with zero attached hydrogens (tertiary/aromatic N) is 1. The number of esters is 1. The molecular formula is C67H124N2O7P+. The van der Waals surface area contributed by atoms with Gasteiger partial charge in [0.15, 0.2) is 0 Å². The highest BCUT2D eigenvalue weighted by molar-refractivity contribution is 7.47. The Morgan fingerprint density at radius 1 is 0.468 bits per heavy atom. The summed E-state index contributed by atoms with van der Waals surface area (Å²) in [5.74, 6) is -0.567. The van der Waals surface area contributed by atoms with Crippen LogP contribution >= 0.6 is 7.82 Å². The molecular weight excluding hydrogens is 976 g/mol. The van der Waals surface area contributed by atoms with Crippen LogP contribution in [-0.2, 0) is 27.9 Å². The molecule has 0 spiro atoms. The molecule has 0 aromatic carbocycles. The highest BCUT2D eigenvalue weighted by Gasteiger charge is 2.30. The van der Waals surface area contributed by atoms with Gasteiger partial charge in [0.05, 0.1) is 33.8 Å². The fraction of sp³-hybridized carbons (Fsp3) is 0.791. The quantitative estimate of drug-likeness (QED) is 0.0205. The molecule has 0 fully saturated rings. The lowest BCUT2D eigenvalue weighted by atomic mass is 10.0. The number of likely N-dealkylation sites (N-methyl/N-ethyl adjacent to an activating group) is 1. The topological polar surface area (TPSA) is 111 Å². The van der Waals surface area contributed by atoms with E-state index in [1.54, 1.807) is 0 Å². The third-order valence-corrected chi connectivity index (χ3v) is 15.1. The van der Waals surface area contributed by atoms with Crippen LogP contribution in [0.4, 0.5) is 0 Å². The van der Waals surface area contributed by atoms with Crippen LogP contribution in [0.15, 0.2) is 72.9 Å². The second kappa shape index (κ2) is 56.7. The van der Waals surface area contributed by atoms with Gasteiger partial charge in [-0.05, 0) is 70.3 Å². The lowest BCUT2D eigenvalue weighted by Gasteiger charge is -2.27. The Morgan fingerprint density at radius 2 is 0.844 bits per heavy atom. The number of ether oxygens (including phenoxy) is 1. The highest BCUT2D eigenvalue weighted by atomic mass is 31.2. The van der Waals surface area contributed by atoms with Crippen LogP contribution in [0, 0.1) is 0 Å². The summed E-state index contributed by atoms with van der Waals surface area (Å²) in [4.78, 5) is 37.7. The molecule has 0 aromatic rings. The number of amides is 1. The van der Waals surface area contributed by atoms with Gasteiger partial charge in [0.25, 0.3) is 0 Å². The molecule has 2 N–H and O–H groups in total. The van der Waals surface area contributed by atoms with E-state index in [2.05, 4.69) is 86.8 Å². The number of unbranched alkanes of at least 4 members (excludes halogenated alkanes) is 32. The Hall–Kier alpha value is -2.55. The first-order valence-electron chi connectivity index (χ1n) is 32.3. The Kier molecular flexibility index (Phi) is 54.8. The van der Waals surface area contributed by atoms with Gasteiger partial charge in [0.2, 0.25) is 5.91 Å². The molecule has 0 radical (unpaired) electrons. The van der Waals surface area contributed by atoms with Crippen molar-refractivity contribution in [1.82, 2.24) is 5.32 Å². The van der Waals surface area contributed by atoms with Crippen molar-refractivity contribution >= 4 is 19.7 Å². The van der Waals surface area contributed by atoms with Gasteiger partial charge in [0, 0.05) is 12.8 Å². The summed E-state index contributed by atoms with van der Waals surface area (Å²) in [6.07, 6.45) is 73.6. The van der Waals surface area contributed by atoms with Crippen LogP contribution in [-0.4, -0.2) is 74.3 Å². The maximum absolute atomic E-state index is 13.5. The first-order chi connectivity index (χ1) is 37.4. The molecule has 9 nitrogen and oxygen atoms in total. The first kappa shape index (κ1) is 74.5. The fourth-order valence-electron chi connectivity index (χ4n) is 9.21. The number of hydrogen-bond donors (Lipinski definition) is 2. The van der Waals surface area contributed by atoms with E-state index in [4.69, 9.17) is 13.8 Å². The normalized spacial score (nSPS) is 14.1. The third kappa shape index (κ3) is 57.9. The predicted molar refractivity (Wildman–Crippen MR) is 332 cm³/mol. The summed E-state index contributed by atoms with van der Waals surface area (Å²) in [6.45, 7) is 6.87. The molecule has 3 atom stereocenters. The minimum Gasteiger partial charge on any atom is -0.456 e. The monoisotopic (exact) mass is 1100 g/mol. The van der Waals surface area contributed by atoms with Gasteiger partial charge < -0.3 is 19.4 Å². The van der Waals surface area contributed by atoms with Crippen LogP contribution in [0.5, 0.6) is 0 Å². The van der Waals surface area contributed by atoms with Crippen molar-refractivity contribution in [3.05, 3.63) is 72.9 Å². The molecule has 0 saturated heterocycles. The second-order valence-corrected chi connectivity index (χ2v) is 24.4. The third-order valence-electron chi connectivity index (χ3n) is 14.2. The van der Waals surface area contributed by atoms with Gasteiger partial charge >= 0.3 is 13.8 Å². The average Bonchev–Trinajstić information content (AvgIpc) is 3.39. The number of phosphoric ester groups is 1. The molecule has 0 aromatic heterocycles. The molecule has 0 bridgehead atoms. The molecule has 0 rings (SSSR count). The Balaban J connectivity index is 5.17. The lowest BCUT2D eigenvalue weighted by Crippen LogP contribution is -2.47. The Morgan fingerprint density at radius 3 is 1.26 bits per heavy atom. The number of nitrogens with one attached hydrogen (secondary N) is 1. The Bertz CT molecular complexity index is 1550. The molecule has 77 heavy (non-hydrogen) atoms. The SMILES string of the molecule is CC/C=C\C/C=C\C/C=C\C/C=C\C/C=C\CCCC(=O)NC(COP(=O)(O)OCC[N+](C)(C)C)C(/C=C\CCCCCCCCCCC)OC(=O)CCCCCCCCCCCCCCCCCCCCCCCCC. The van der Waals surface area contributed by atoms with E-state index in [9.17, 15) is 19.0 Å². The van der Waals surface area contributed by atoms with Crippen molar-refractivity contribution in [3.8, 4) is 0 Å². The highest BCUT2D eigenvalue weighted by Crippen LogP contribution is 2.43. The summed E-state index contributed by atoms with van der Waals surface area (Å²) in [7, 11) is 1.46. The van der Waals surface area contributed by atoms with Crippen LogP contribution in [0.1, 0.15) is 290 Å². The second-order valence-electron chi connectivity index (χ2n) is 22.9. The van der Waals surface area contributed by atoms with Gasteiger partial charge in [-0.1, -0.05) is 280 Å². The zero-order chi connectivity index (χ0) is 56.4. The standard InChI is InChI=1S/C67H123N2O7P/c1-7-10-13-16-19-22-25-27-29-31-32-33-34-35-36-38-40-42-45-48-51-54-57-60-67(71)76-65(58-55-52-49-46-43-24-21-18-15-12-9-3)64(63-75-77(72,73)74-62-61-69(4,5)6)68-66(70)59-56-53-50-47-44-41-39-37-30-28-26-23-20-17-14-11-8-2/h11,14,20,23,28,30,39,41,47,50,55,58,64-65H,7-10,12-13,15-19,21-22,24-27,29,31-38,40,42-46,48-49,51-54,56-57,59-63H2,1-6H3,(H-,68,70,72,73)/p+1/b14-11-,23-20-,30-28-,41-39-,50-47-,58-55-. The van der Waals surface area contributed by atoms with E-state index in [-0.39, 0.29) is 37.9 Å². The Labute approximate surface area is 476 Å². The number of hydrogen-bond acceptors (Lipinski definition) is 6. The largest absolute Gasteiger partial charge is 0.472 e. The van der Waals surface area contributed by atoms with Crippen LogP contribution < -0.4 is 5.32 Å². The predicted octanol–water partition coefficient (Wildman–Crippen LogP) is 20.0. The number of quaternary nitrogens is 1. The van der Waals surface area contributed by atoms with Crippen LogP contribution in [0.2, 0.25) is 0 Å². The maximum atomic E-state index is 13.5. The minimum absolute atomic E-state index is 0.0285. The van der Waals surface area contributed by atoms with Gasteiger partial charge in [0.1, 0.15) is 19.3 Å². The van der Waals surface area contributed by atoms with E-state index < -0.39 is 20.0 Å². The van der Waals surface area contributed by atoms with Crippen molar-refractivity contribution in [2.24, 2.45) is 0 Å².